The van der Waals surface area contributed by atoms with Crippen molar-refractivity contribution >= 4 is 11.6 Å². The van der Waals surface area contributed by atoms with Crippen LogP contribution < -0.4 is 5.32 Å². The molecule has 0 atom stereocenters. The molecular weight excluding hydrogens is 200 g/mol. The van der Waals surface area contributed by atoms with Gasteiger partial charge in [-0.3, -0.25) is 0 Å². The number of hydrogen-bond donors (Lipinski definition) is 2. The molecule has 0 unspecified atom stereocenters. The van der Waals surface area contributed by atoms with Crippen LogP contribution in [0.25, 0.3) is 0 Å². The number of hydrogen-bond acceptors (Lipinski definition) is 3. The summed E-state index contributed by atoms with van der Waals surface area (Å²) in [6.07, 6.45) is 0.492. The fraction of sp³-hybridized carbons (Fsp3) is 0.300. The van der Waals surface area contributed by atoms with Gasteiger partial charge < -0.3 is 10.4 Å². The number of halogens is 1. The third-order valence-electron chi connectivity index (χ3n) is 1.75. The predicted octanol–water partition coefficient (Wildman–Crippen LogP) is 2.05. The van der Waals surface area contributed by atoms with E-state index in [9.17, 15) is 0 Å². The van der Waals surface area contributed by atoms with Crippen LogP contribution in [0.3, 0.4) is 0 Å². The van der Waals surface area contributed by atoms with Crippen LogP contribution in [0.1, 0.15) is 12.0 Å². The fourth-order valence-corrected chi connectivity index (χ4v) is 1.24. The highest BCUT2D eigenvalue weighted by molar-refractivity contribution is 6.32. The minimum Gasteiger partial charge on any atom is -0.506 e. The molecule has 2 N–H and O–H groups in total. The van der Waals surface area contributed by atoms with Crippen LogP contribution in [0.2, 0.25) is 5.02 Å². The molecule has 0 heterocycles. The Morgan fingerprint density at radius 3 is 2.93 bits per heavy atom. The van der Waals surface area contributed by atoms with E-state index in [2.05, 4.69) is 5.32 Å². The lowest BCUT2D eigenvalue weighted by molar-refractivity contribution is 0.475. The van der Waals surface area contributed by atoms with Gasteiger partial charge in [0.25, 0.3) is 0 Å². The van der Waals surface area contributed by atoms with Crippen molar-refractivity contribution in [3.05, 3.63) is 28.8 Å². The first kappa shape index (κ1) is 10.8. The Labute approximate surface area is 87.9 Å². The molecule has 0 radical (unpaired) electrons. The lowest BCUT2D eigenvalue weighted by Gasteiger charge is -2.03. The maximum absolute atomic E-state index is 9.16. The molecule has 0 saturated heterocycles. The highest BCUT2D eigenvalue weighted by Crippen LogP contribution is 2.23. The number of rotatable bonds is 4. The maximum atomic E-state index is 9.16. The summed E-state index contributed by atoms with van der Waals surface area (Å²) >= 11 is 5.72. The van der Waals surface area contributed by atoms with E-state index in [4.69, 9.17) is 22.0 Å². The normalized spacial score (nSPS) is 9.71. The molecule has 0 aliphatic rings. The summed E-state index contributed by atoms with van der Waals surface area (Å²) in [6.45, 7) is 1.32. The molecule has 0 fully saturated rings. The number of benzene rings is 1. The van der Waals surface area contributed by atoms with Crippen LogP contribution in [-0.4, -0.2) is 11.7 Å². The van der Waals surface area contributed by atoms with Crippen molar-refractivity contribution in [1.82, 2.24) is 5.32 Å². The quantitative estimate of drug-likeness (QED) is 0.748. The summed E-state index contributed by atoms with van der Waals surface area (Å²) in [7, 11) is 0. The van der Waals surface area contributed by atoms with Gasteiger partial charge in [-0.15, -0.1) is 0 Å². The van der Waals surface area contributed by atoms with Crippen molar-refractivity contribution in [2.75, 3.05) is 6.54 Å². The molecule has 4 heteroatoms. The molecular formula is C10H11ClN2O. The van der Waals surface area contributed by atoms with Crippen LogP contribution in [0.5, 0.6) is 5.75 Å². The monoisotopic (exact) mass is 210 g/mol. The maximum Gasteiger partial charge on any atom is 0.134 e. The largest absolute Gasteiger partial charge is 0.506 e. The number of phenolic OH excluding ortho intramolecular Hbond substituents is 1. The van der Waals surface area contributed by atoms with Gasteiger partial charge in [0.05, 0.1) is 11.1 Å². The van der Waals surface area contributed by atoms with Gasteiger partial charge in [0.2, 0.25) is 0 Å². The van der Waals surface area contributed by atoms with Crippen molar-refractivity contribution < 1.29 is 5.11 Å². The lowest BCUT2D eigenvalue weighted by atomic mass is 10.2. The van der Waals surface area contributed by atoms with E-state index in [0.717, 1.165) is 5.56 Å². The number of nitrogens with zero attached hydrogens (tertiary/aromatic N) is 1. The molecule has 74 valence electrons. The number of nitriles is 1. The van der Waals surface area contributed by atoms with E-state index in [1.165, 1.54) is 0 Å². The van der Waals surface area contributed by atoms with E-state index in [1.807, 2.05) is 6.07 Å². The smallest absolute Gasteiger partial charge is 0.134 e. The van der Waals surface area contributed by atoms with Crippen LogP contribution in [0.4, 0.5) is 0 Å². The predicted molar refractivity (Wildman–Crippen MR) is 55.1 cm³/mol. The Kier molecular flexibility index (Phi) is 4.24. The first-order chi connectivity index (χ1) is 6.74. The van der Waals surface area contributed by atoms with Crippen molar-refractivity contribution in [2.45, 2.75) is 13.0 Å². The molecule has 1 aromatic carbocycles. The lowest BCUT2D eigenvalue weighted by Crippen LogP contribution is -2.13. The minimum absolute atomic E-state index is 0.0902. The summed E-state index contributed by atoms with van der Waals surface area (Å²) in [5.74, 6) is 0.0902. The van der Waals surface area contributed by atoms with Gasteiger partial charge in [-0.1, -0.05) is 17.7 Å². The minimum atomic E-state index is 0.0902. The Morgan fingerprint density at radius 2 is 2.29 bits per heavy atom. The second-order valence-corrected chi connectivity index (χ2v) is 3.28. The van der Waals surface area contributed by atoms with Gasteiger partial charge in [0.1, 0.15) is 5.75 Å². The number of aromatic hydroxyl groups is 1. The van der Waals surface area contributed by atoms with Gasteiger partial charge in [0.15, 0.2) is 0 Å². The molecule has 0 aliphatic heterocycles. The number of nitrogens with one attached hydrogen (secondary N) is 1. The van der Waals surface area contributed by atoms with Gasteiger partial charge in [0, 0.05) is 19.5 Å². The van der Waals surface area contributed by atoms with Crippen molar-refractivity contribution in [1.29, 1.82) is 5.26 Å². The second kappa shape index (κ2) is 5.48. The van der Waals surface area contributed by atoms with Crippen LogP contribution in [0.15, 0.2) is 18.2 Å². The van der Waals surface area contributed by atoms with E-state index in [1.54, 1.807) is 18.2 Å². The zero-order chi connectivity index (χ0) is 10.4. The molecule has 14 heavy (non-hydrogen) atoms. The average Bonchev–Trinajstić information content (AvgIpc) is 2.18. The van der Waals surface area contributed by atoms with Gasteiger partial charge >= 0.3 is 0 Å². The van der Waals surface area contributed by atoms with E-state index >= 15 is 0 Å². The third kappa shape index (κ3) is 3.25. The topological polar surface area (TPSA) is 56.0 Å². The van der Waals surface area contributed by atoms with Crippen LogP contribution >= 0.6 is 11.6 Å². The molecule has 1 aromatic rings. The highest BCUT2D eigenvalue weighted by atomic mass is 35.5. The molecule has 0 spiro atoms. The van der Waals surface area contributed by atoms with E-state index in [-0.39, 0.29) is 5.75 Å². The standard InChI is InChI=1S/C10H11ClN2O/c11-9-6-8(2-3-10(9)14)7-13-5-1-4-12/h2-3,6,13-14H,1,5,7H2. The van der Waals surface area contributed by atoms with E-state index < -0.39 is 0 Å². The van der Waals surface area contributed by atoms with Crippen molar-refractivity contribution in [3.8, 4) is 11.8 Å². The van der Waals surface area contributed by atoms with Gasteiger partial charge in [-0.25, -0.2) is 0 Å². The molecule has 3 nitrogen and oxygen atoms in total. The summed E-state index contributed by atoms with van der Waals surface area (Å²) in [6, 6.07) is 7.10. The average molecular weight is 211 g/mol. The van der Waals surface area contributed by atoms with Crippen LogP contribution in [0, 0.1) is 11.3 Å². The molecule has 0 saturated carbocycles. The van der Waals surface area contributed by atoms with Crippen molar-refractivity contribution in [2.24, 2.45) is 0 Å². The number of phenols is 1. The fourth-order valence-electron chi connectivity index (χ4n) is 1.04. The van der Waals surface area contributed by atoms with Crippen molar-refractivity contribution in [3.63, 3.8) is 0 Å². The summed E-state index contributed by atoms with van der Waals surface area (Å²) in [5, 5.41) is 20.9. The SMILES string of the molecule is N#CCCNCc1ccc(O)c(Cl)c1. The van der Waals surface area contributed by atoms with Gasteiger partial charge in [-0.05, 0) is 17.7 Å². The summed E-state index contributed by atoms with van der Waals surface area (Å²) < 4.78 is 0. The Hall–Kier alpha value is -1.24. The second-order valence-electron chi connectivity index (χ2n) is 2.87. The first-order valence-electron chi connectivity index (χ1n) is 4.29. The molecule has 0 aliphatic carbocycles. The first-order valence-corrected chi connectivity index (χ1v) is 4.67. The Morgan fingerprint density at radius 1 is 1.50 bits per heavy atom. The summed E-state index contributed by atoms with van der Waals surface area (Å²) in [5.41, 5.74) is 0.991. The zero-order valence-electron chi connectivity index (χ0n) is 7.63. The van der Waals surface area contributed by atoms with Gasteiger partial charge in [-0.2, -0.15) is 5.26 Å². The molecule has 0 bridgehead atoms. The zero-order valence-corrected chi connectivity index (χ0v) is 8.38. The van der Waals surface area contributed by atoms with E-state index in [0.29, 0.717) is 24.5 Å². The third-order valence-corrected chi connectivity index (χ3v) is 2.06. The van der Waals surface area contributed by atoms with Crippen LogP contribution in [-0.2, 0) is 6.54 Å². The highest BCUT2D eigenvalue weighted by Gasteiger charge is 1.99. The Balaban J connectivity index is 2.44. The Bertz CT molecular complexity index is 346. The molecule has 0 amide bonds. The molecule has 1 rings (SSSR count). The molecule has 0 aromatic heterocycles. The summed E-state index contributed by atoms with van der Waals surface area (Å²) in [4.78, 5) is 0.